The molecule has 8 nitrogen and oxygen atoms in total. The predicted molar refractivity (Wildman–Crippen MR) is 136 cm³/mol. The number of carbonyl (C=O) groups excluding carboxylic acids is 4. The second-order valence-corrected chi connectivity index (χ2v) is 9.80. The highest BCUT2D eigenvalue weighted by molar-refractivity contribution is 8.03. The third-order valence-corrected chi connectivity index (χ3v) is 7.15. The van der Waals surface area contributed by atoms with Crippen molar-refractivity contribution in [2.75, 3.05) is 25.0 Å². The molecule has 0 saturated carbocycles. The van der Waals surface area contributed by atoms with Crippen molar-refractivity contribution in [3.63, 3.8) is 0 Å². The molecule has 0 aliphatic carbocycles. The fourth-order valence-electron chi connectivity index (χ4n) is 3.96. The monoisotopic (exact) mass is 530 g/mol. The Morgan fingerprint density at radius 3 is 2.47 bits per heavy atom. The first-order valence-electron chi connectivity index (χ1n) is 11.3. The minimum Gasteiger partial charge on any atom is -0.356 e. The summed E-state index contributed by atoms with van der Waals surface area (Å²) in [6.45, 7) is 0.0200. The van der Waals surface area contributed by atoms with E-state index >= 15 is 0 Å². The molecule has 0 aromatic heterocycles. The number of halogens is 2. The number of benzene rings is 2. The van der Waals surface area contributed by atoms with Crippen LogP contribution < -0.4 is 10.6 Å². The lowest BCUT2D eigenvalue weighted by molar-refractivity contribution is -0.133. The molecule has 2 N–H and O–H groups in total. The summed E-state index contributed by atoms with van der Waals surface area (Å²) in [5.41, 5.74) is 1.41. The smallest absolute Gasteiger partial charge is 0.327 e. The molecule has 188 valence electrons. The molecule has 4 rings (SSSR count). The summed E-state index contributed by atoms with van der Waals surface area (Å²) in [5, 5.41) is 7.22. The summed E-state index contributed by atoms with van der Waals surface area (Å²) in [6.07, 6.45) is 2.29. The zero-order valence-corrected chi connectivity index (χ0v) is 20.7. The van der Waals surface area contributed by atoms with Crippen molar-refractivity contribution in [3.05, 3.63) is 76.4 Å². The molecule has 2 aliphatic heterocycles. The highest BCUT2D eigenvalue weighted by atomic mass is 35.5. The summed E-state index contributed by atoms with van der Waals surface area (Å²) in [7, 11) is 0. The van der Waals surface area contributed by atoms with Gasteiger partial charge in [-0.3, -0.25) is 19.3 Å². The summed E-state index contributed by atoms with van der Waals surface area (Å²) < 4.78 is 13.1. The van der Waals surface area contributed by atoms with Crippen molar-refractivity contribution in [1.82, 2.24) is 15.1 Å². The van der Waals surface area contributed by atoms with Crippen LogP contribution >= 0.6 is 23.4 Å². The molecule has 1 saturated heterocycles. The van der Waals surface area contributed by atoms with Crippen LogP contribution in [0.2, 0.25) is 5.02 Å². The summed E-state index contributed by atoms with van der Waals surface area (Å²) in [6, 6.07) is 11.4. The lowest BCUT2D eigenvalue weighted by Crippen LogP contribution is -2.63. The molecule has 2 atom stereocenters. The van der Waals surface area contributed by atoms with Gasteiger partial charge in [-0.2, -0.15) is 0 Å². The number of imide groups is 1. The first kappa shape index (κ1) is 25.7. The molecule has 2 aromatic carbocycles. The Bertz CT molecular complexity index is 1180. The third kappa shape index (κ3) is 6.24. The maximum Gasteiger partial charge on any atom is 0.327 e. The average molecular weight is 531 g/mol. The molecule has 1 fully saturated rings. The molecule has 5 amide bonds. The van der Waals surface area contributed by atoms with E-state index in [1.54, 1.807) is 23.6 Å². The normalized spacial score (nSPS) is 18.8. The van der Waals surface area contributed by atoms with Crippen LogP contribution in [-0.2, 0) is 20.8 Å². The Hall–Kier alpha value is -3.37. The number of hydrogen-bond donors (Lipinski definition) is 2. The van der Waals surface area contributed by atoms with E-state index in [4.69, 9.17) is 11.6 Å². The van der Waals surface area contributed by atoms with Crippen LogP contribution in [0.5, 0.6) is 0 Å². The average Bonchev–Trinajstić information content (AvgIpc) is 3.35. The van der Waals surface area contributed by atoms with E-state index in [9.17, 15) is 23.6 Å². The minimum absolute atomic E-state index is 0.0524. The predicted octanol–water partition coefficient (Wildman–Crippen LogP) is 3.43. The molecular weight excluding hydrogens is 507 g/mol. The quantitative estimate of drug-likeness (QED) is 0.517. The van der Waals surface area contributed by atoms with Crippen LogP contribution in [-0.4, -0.2) is 64.5 Å². The van der Waals surface area contributed by atoms with Crippen molar-refractivity contribution < 1.29 is 23.6 Å². The Kier molecular flexibility index (Phi) is 8.27. The van der Waals surface area contributed by atoms with Gasteiger partial charge in [0.2, 0.25) is 17.7 Å². The summed E-state index contributed by atoms with van der Waals surface area (Å²) >= 11 is 7.15. The maximum atomic E-state index is 13.2. The molecule has 2 aliphatic rings. The number of hydrogen-bond acceptors (Lipinski definition) is 5. The van der Waals surface area contributed by atoms with E-state index in [0.717, 1.165) is 10.5 Å². The number of nitrogens with one attached hydrogen (secondary N) is 2. The van der Waals surface area contributed by atoms with Crippen molar-refractivity contribution in [3.8, 4) is 0 Å². The molecular formula is C25H24ClFN4O4S. The standard InChI is InChI=1S/C25H24ClFN4O4S/c26-17-3-1-16(2-4-17)9-12-28-21(32)10-13-30-24(34)23-20(11-14-36-23)31(25(30)35)15-22(33)29-19-7-5-18(27)6-8-19/h1-8,11,14,20,23H,9-10,12-13,15H2,(H,28,32)(H,29,33). The van der Waals surface area contributed by atoms with E-state index in [-0.39, 0.29) is 31.3 Å². The van der Waals surface area contributed by atoms with E-state index in [1.165, 1.54) is 40.9 Å². The number of nitrogens with zero attached hydrogens (tertiary/aromatic N) is 2. The maximum absolute atomic E-state index is 13.2. The van der Waals surface area contributed by atoms with E-state index in [0.29, 0.717) is 23.7 Å². The first-order chi connectivity index (χ1) is 17.3. The highest BCUT2D eigenvalue weighted by Gasteiger charge is 2.47. The Balaban J connectivity index is 1.32. The highest BCUT2D eigenvalue weighted by Crippen LogP contribution is 2.34. The molecule has 11 heteroatoms. The van der Waals surface area contributed by atoms with Gasteiger partial charge in [-0.05, 0) is 53.8 Å². The van der Waals surface area contributed by atoms with Gasteiger partial charge < -0.3 is 15.5 Å². The zero-order valence-electron chi connectivity index (χ0n) is 19.2. The van der Waals surface area contributed by atoms with Gasteiger partial charge in [-0.15, -0.1) is 11.8 Å². The second kappa shape index (κ2) is 11.6. The van der Waals surface area contributed by atoms with Gasteiger partial charge in [0.25, 0.3) is 0 Å². The number of anilines is 1. The first-order valence-corrected chi connectivity index (χ1v) is 12.6. The number of amides is 5. The van der Waals surface area contributed by atoms with Gasteiger partial charge in [-0.1, -0.05) is 29.8 Å². The van der Waals surface area contributed by atoms with Gasteiger partial charge in [0.15, 0.2) is 0 Å². The summed E-state index contributed by atoms with van der Waals surface area (Å²) in [5.74, 6) is -1.58. The van der Waals surface area contributed by atoms with Gasteiger partial charge in [0.1, 0.15) is 17.6 Å². The fraction of sp³-hybridized carbons (Fsp3) is 0.280. The zero-order chi connectivity index (χ0) is 25.7. The fourth-order valence-corrected chi connectivity index (χ4v) is 5.15. The molecule has 2 unspecified atom stereocenters. The third-order valence-electron chi connectivity index (χ3n) is 5.81. The van der Waals surface area contributed by atoms with Gasteiger partial charge in [0, 0.05) is 30.2 Å². The van der Waals surface area contributed by atoms with Crippen molar-refractivity contribution in [1.29, 1.82) is 0 Å². The molecule has 2 heterocycles. The van der Waals surface area contributed by atoms with Crippen LogP contribution in [0.25, 0.3) is 0 Å². The van der Waals surface area contributed by atoms with Gasteiger partial charge >= 0.3 is 6.03 Å². The topological polar surface area (TPSA) is 98.8 Å². The van der Waals surface area contributed by atoms with Crippen LogP contribution in [0, 0.1) is 5.82 Å². The van der Waals surface area contributed by atoms with E-state index < -0.39 is 29.0 Å². The molecule has 36 heavy (non-hydrogen) atoms. The van der Waals surface area contributed by atoms with Crippen LogP contribution in [0.4, 0.5) is 14.9 Å². The molecule has 0 radical (unpaired) electrons. The number of rotatable bonds is 9. The Morgan fingerprint density at radius 1 is 1.03 bits per heavy atom. The molecule has 0 bridgehead atoms. The van der Waals surface area contributed by atoms with E-state index in [2.05, 4.69) is 10.6 Å². The van der Waals surface area contributed by atoms with Crippen molar-refractivity contribution in [2.45, 2.75) is 24.1 Å². The van der Waals surface area contributed by atoms with E-state index in [1.807, 2.05) is 12.1 Å². The van der Waals surface area contributed by atoms with Crippen LogP contribution in [0.3, 0.4) is 0 Å². The number of carbonyl (C=O) groups is 4. The second-order valence-electron chi connectivity index (χ2n) is 8.31. The summed E-state index contributed by atoms with van der Waals surface area (Å²) in [4.78, 5) is 53.4. The Labute approximate surface area is 216 Å². The van der Waals surface area contributed by atoms with Crippen molar-refractivity contribution >= 4 is 52.8 Å². The SMILES string of the molecule is O=C(CCN1C(=O)C2SC=CC2N(CC(=O)Nc2ccc(F)cc2)C1=O)NCCc1ccc(Cl)cc1. The van der Waals surface area contributed by atoms with Crippen LogP contribution in [0.1, 0.15) is 12.0 Å². The number of fused-ring (bicyclic) bond motifs is 1. The molecule has 2 aromatic rings. The Morgan fingerprint density at radius 2 is 1.75 bits per heavy atom. The van der Waals surface area contributed by atoms with Crippen molar-refractivity contribution in [2.24, 2.45) is 0 Å². The largest absolute Gasteiger partial charge is 0.356 e. The molecule has 0 spiro atoms. The minimum atomic E-state index is -0.628. The van der Waals surface area contributed by atoms with Gasteiger partial charge in [0.05, 0.1) is 6.04 Å². The number of thioether (sulfide) groups is 1. The number of urea groups is 1. The lowest BCUT2D eigenvalue weighted by atomic mass is 10.1. The lowest BCUT2D eigenvalue weighted by Gasteiger charge is -2.40. The van der Waals surface area contributed by atoms with Gasteiger partial charge in [-0.25, -0.2) is 9.18 Å². The van der Waals surface area contributed by atoms with Crippen LogP contribution in [0.15, 0.2) is 60.0 Å².